The topological polar surface area (TPSA) is 354 Å². The van der Waals surface area contributed by atoms with E-state index in [1.807, 2.05) is 0 Å². The quantitative estimate of drug-likeness (QED) is 0.0914. The Labute approximate surface area is 256 Å². The number of para-hydroxylation sites is 1. The van der Waals surface area contributed by atoms with Crippen LogP contribution in [0.5, 0.6) is 0 Å². The maximum absolute atomic E-state index is 12.5. The highest BCUT2D eigenvalue weighted by molar-refractivity contribution is 7.72. The van der Waals surface area contributed by atoms with Crippen molar-refractivity contribution < 1.29 is 48.5 Å². The lowest BCUT2D eigenvalue weighted by Gasteiger charge is -2.33. The van der Waals surface area contributed by atoms with Gasteiger partial charge in [-0.2, -0.15) is 0 Å². The van der Waals surface area contributed by atoms with Crippen LogP contribution in [0.1, 0.15) is 48.7 Å². The van der Waals surface area contributed by atoms with Gasteiger partial charge >= 0.3 is 27.1 Å². The van der Waals surface area contributed by atoms with Crippen LogP contribution in [0.4, 0.5) is 5.69 Å². The lowest BCUT2D eigenvalue weighted by atomic mass is 10.1. The van der Waals surface area contributed by atoms with Crippen molar-refractivity contribution in [3.8, 4) is 0 Å². The van der Waals surface area contributed by atoms with Gasteiger partial charge < -0.3 is 59.7 Å². The number of hydrogen-bond acceptors (Lipinski definition) is 10. The number of aliphatic carboxylic acids is 1. The zero-order valence-electron chi connectivity index (χ0n) is 24.8. The van der Waals surface area contributed by atoms with Crippen LogP contribution >= 0.6 is 15.2 Å². The van der Waals surface area contributed by atoms with Gasteiger partial charge in [-0.25, -0.2) is 4.79 Å². The second-order valence-corrected chi connectivity index (χ2v) is 13.6. The van der Waals surface area contributed by atoms with E-state index in [0.29, 0.717) is 22.4 Å². The average Bonchev–Trinajstić information content (AvgIpc) is 2.86. The lowest BCUT2D eigenvalue weighted by Crippen LogP contribution is -2.30. The molecule has 1 atom stereocenters. The fourth-order valence-electron chi connectivity index (χ4n) is 3.86. The molecule has 2 aromatic carbocycles. The Morgan fingerprint density at radius 1 is 0.773 bits per heavy atom. The summed E-state index contributed by atoms with van der Waals surface area (Å²) in [5.41, 5.74) is 1.69. The molecule has 0 saturated carbocycles. The van der Waals surface area contributed by atoms with Gasteiger partial charge in [0.25, 0.3) is 0 Å². The Bertz CT molecular complexity index is 1340. The Hall–Kier alpha value is -3.24. The first-order valence-corrected chi connectivity index (χ1v) is 15.3. The molecule has 0 saturated heterocycles. The molecule has 0 spiro atoms. The zero-order valence-corrected chi connectivity index (χ0v) is 26.6. The number of aromatic carboxylic acids is 1. The summed E-state index contributed by atoms with van der Waals surface area (Å²) in [6.45, 7) is 3.15. The maximum atomic E-state index is 12.5. The van der Waals surface area contributed by atoms with E-state index < -0.39 is 50.9 Å². The van der Waals surface area contributed by atoms with Crippen LogP contribution in [-0.4, -0.2) is 59.7 Å². The number of carbonyl (C=O) groups is 2. The number of nitrogens with one attached hydrogen (secondary N) is 2. The number of carboxylic acids is 2. The molecule has 0 fully saturated rings. The van der Waals surface area contributed by atoms with E-state index in [9.17, 15) is 48.5 Å². The fourth-order valence-corrected chi connectivity index (χ4v) is 6.54. The minimum Gasteiger partial charge on any atom is -0.480 e. The molecule has 0 radical (unpaired) electrons. The number of rotatable bonds is 15. The highest BCUT2D eigenvalue weighted by Gasteiger charge is 2.58. The fraction of sp³-hybridized carbons (Fsp3) is 0.308. The lowest BCUT2D eigenvalue weighted by molar-refractivity contribution is -0.139. The molecule has 18 heteroatoms. The largest absolute Gasteiger partial charge is 0.480 e. The van der Waals surface area contributed by atoms with Gasteiger partial charge in [0, 0.05) is 18.8 Å². The van der Waals surface area contributed by atoms with Gasteiger partial charge in [-0.15, -0.1) is 0 Å². The van der Waals surface area contributed by atoms with Gasteiger partial charge in [0.05, 0.1) is 5.56 Å². The van der Waals surface area contributed by atoms with Crippen LogP contribution in [0.15, 0.2) is 77.9 Å². The molecule has 0 aliphatic heterocycles. The summed E-state index contributed by atoms with van der Waals surface area (Å²) in [5, 5.41) is 24.6. The van der Waals surface area contributed by atoms with Crippen molar-refractivity contribution in [1.29, 1.82) is 0 Å². The van der Waals surface area contributed by atoms with E-state index in [0.717, 1.165) is 0 Å². The summed E-state index contributed by atoms with van der Waals surface area (Å²) in [6, 6.07) is 13.4. The van der Waals surface area contributed by atoms with Crippen molar-refractivity contribution in [3.63, 3.8) is 0 Å². The molecule has 44 heavy (non-hydrogen) atoms. The first-order valence-electron chi connectivity index (χ1n) is 12.1. The van der Waals surface area contributed by atoms with Crippen molar-refractivity contribution in [3.05, 3.63) is 89.0 Å². The van der Waals surface area contributed by atoms with E-state index >= 15 is 0 Å². The van der Waals surface area contributed by atoms with Crippen LogP contribution in [0, 0.1) is 0 Å². The molecular weight excluding hydrogens is 618 g/mol. The standard InChI is InChI=1S/C26H34N2O10P2.4H3N/c1-18(16-27-22-11-7-6-10-21(22)24(29)30)12-14-26(39(33,34)35,40(36,37)38)15-13-19(2)17-28-23(25(31)32)20-8-4-3-5-9-20;;;;/h3-13,23,27-28H,14-17H2,1-2H3,(H,29,30)(H,31,32)(H2,33,34,35)(H2,36,37,38);4*1H3/b18-12+,19-13+;;;;. The zero-order chi connectivity index (χ0) is 30.1. The molecular formula is C26H46N6O10P2. The number of hydrogen-bond donors (Lipinski definition) is 12. The Morgan fingerprint density at radius 2 is 1.23 bits per heavy atom. The van der Waals surface area contributed by atoms with Crippen LogP contribution in [0.2, 0.25) is 0 Å². The van der Waals surface area contributed by atoms with Crippen molar-refractivity contribution in [1.82, 2.24) is 29.9 Å². The molecule has 0 aliphatic carbocycles. The summed E-state index contributed by atoms with van der Waals surface area (Å²) in [5.74, 6) is -2.29. The van der Waals surface area contributed by atoms with Gasteiger partial charge in [-0.3, -0.25) is 19.2 Å². The highest BCUT2D eigenvalue weighted by atomic mass is 31.2. The van der Waals surface area contributed by atoms with Gasteiger partial charge in [-0.05, 0) is 44.4 Å². The van der Waals surface area contributed by atoms with E-state index in [4.69, 9.17) is 0 Å². The monoisotopic (exact) mass is 664 g/mol. The van der Waals surface area contributed by atoms with Crippen LogP contribution in [0.25, 0.3) is 0 Å². The molecule has 1 unspecified atom stereocenters. The van der Waals surface area contributed by atoms with E-state index in [2.05, 4.69) is 10.6 Å². The molecule has 16 nitrogen and oxygen atoms in total. The van der Waals surface area contributed by atoms with Gasteiger partial charge in [0.2, 0.25) is 0 Å². The minimum atomic E-state index is -5.41. The normalized spacial score (nSPS) is 12.8. The van der Waals surface area contributed by atoms with Crippen LogP contribution in [0.3, 0.4) is 0 Å². The second kappa shape index (κ2) is 19.2. The number of benzene rings is 2. The Morgan fingerprint density at radius 3 is 1.68 bits per heavy atom. The van der Waals surface area contributed by atoms with E-state index in [-0.39, 0.29) is 43.3 Å². The van der Waals surface area contributed by atoms with Crippen molar-refractivity contribution >= 4 is 32.8 Å². The van der Waals surface area contributed by atoms with Crippen molar-refractivity contribution in [2.75, 3.05) is 18.4 Å². The minimum absolute atomic E-state index is 0. The molecule has 2 aromatic rings. The van der Waals surface area contributed by atoms with E-state index in [1.54, 1.807) is 62.4 Å². The number of carboxylic acid groups (broad SMARTS) is 2. The molecule has 0 heterocycles. The predicted octanol–water partition coefficient (Wildman–Crippen LogP) is 4.58. The molecule has 0 aliphatic rings. The smallest absolute Gasteiger partial charge is 0.344 e. The third-order valence-electron chi connectivity index (χ3n) is 6.32. The van der Waals surface area contributed by atoms with Gasteiger partial charge in [0.1, 0.15) is 6.04 Å². The first-order chi connectivity index (χ1) is 18.6. The predicted molar refractivity (Wildman–Crippen MR) is 170 cm³/mol. The first kappa shape index (κ1) is 45.2. The Kier molecular flexibility index (Phi) is 19.7. The highest BCUT2D eigenvalue weighted by Crippen LogP contribution is 2.72. The molecule has 250 valence electrons. The SMILES string of the molecule is C/C(=C\CC(C/C=C(\C)CNC(C(=O)O)c1ccccc1)(P(=O)(O)O)P(=O)(O)O)CNc1ccccc1C(=O)O.N.N.N.N. The number of anilines is 1. The van der Waals surface area contributed by atoms with E-state index in [1.165, 1.54) is 18.2 Å². The van der Waals surface area contributed by atoms with Gasteiger partial charge in [-0.1, -0.05) is 65.8 Å². The summed E-state index contributed by atoms with van der Waals surface area (Å²) < 4.78 is 25.1. The third-order valence-corrected chi connectivity index (χ3v) is 10.8. The summed E-state index contributed by atoms with van der Waals surface area (Å²) in [6.07, 6.45) is 1.22. The summed E-state index contributed by atoms with van der Waals surface area (Å²) in [7, 11) is -10.8. The van der Waals surface area contributed by atoms with Crippen LogP contribution < -0.4 is 35.2 Å². The van der Waals surface area contributed by atoms with Crippen molar-refractivity contribution in [2.45, 2.75) is 37.6 Å². The molecule has 0 bridgehead atoms. The third kappa shape index (κ3) is 12.0. The Balaban J connectivity index is -0.00000420. The molecule has 2 rings (SSSR count). The molecule has 0 aromatic heterocycles. The van der Waals surface area contributed by atoms with Crippen LogP contribution in [-0.2, 0) is 13.9 Å². The average molecular weight is 665 g/mol. The molecule has 0 amide bonds. The summed E-state index contributed by atoms with van der Waals surface area (Å²) >= 11 is 0. The maximum Gasteiger partial charge on any atom is 0.344 e. The van der Waals surface area contributed by atoms with Crippen molar-refractivity contribution in [2.24, 2.45) is 0 Å². The van der Waals surface area contributed by atoms with Gasteiger partial charge in [0.15, 0.2) is 4.90 Å². The number of allylic oxidation sites excluding steroid dienone is 2. The molecule has 20 N–H and O–H groups in total. The second-order valence-electron chi connectivity index (χ2n) is 9.35. The summed E-state index contributed by atoms with van der Waals surface area (Å²) in [4.78, 5) is 60.8.